The van der Waals surface area contributed by atoms with Crippen LogP contribution in [0.15, 0.2) is 30.3 Å². The van der Waals surface area contributed by atoms with Gasteiger partial charge >= 0.3 is 0 Å². The average Bonchev–Trinajstić information content (AvgIpc) is 2.63. The van der Waals surface area contributed by atoms with Crippen molar-refractivity contribution in [2.45, 2.75) is 56.9 Å². The van der Waals surface area contributed by atoms with Gasteiger partial charge in [0.1, 0.15) is 6.10 Å². The van der Waals surface area contributed by atoms with Gasteiger partial charge in [-0.3, -0.25) is 4.90 Å². The number of nitrogens with zero attached hydrogens (tertiary/aromatic N) is 1. The van der Waals surface area contributed by atoms with Crippen molar-refractivity contribution in [3.63, 3.8) is 0 Å². The van der Waals surface area contributed by atoms with Crippen molar-refractivity contribution in [3.05, 3.63) is 35.9 Å². The minimum Gasteiger partial charge on any atom is -0.343 e. The summed E-state index contributed by atoms with van der Waals surface area (Å²) < 4.78 is 12.2. The second kappa shape index (κ2) is 3.35. The summed E-state index contributed by atoms with van der Waals surface area (Å²) in [6.07, 6.45) is 2.61. The summed E-state index contributed by atoms with van der Waals surface area (Å²) in [4.78, 5) is 2.46. The van der Waals surface area contributed by atoms with Gasteiger partial charge in [-0.1, -0.05) is 30.3 Å². The van der Waals surface area contributed by atoms with E-state index in [1.54, 1.807) is 0 Å². The van der Waals surface area contributed by atoms with E-state index in [0.717, 1.165) is 13.0 Å². The van der Waals surface area contributed by atoms with E-state index >= 15 is 0 Å². The average molecular weight is 245 g/mol. The molecular weight excluding hydrogens is 226 g/mol. The molecule has 3 nitrogen and oxygen atoms in total. The molecule has 3 heteroatoms. The van der Waals surface area contributed by atoms with Crippen LogP contribution in [0.25, 0.3) is 0 Å². The highest BCUT2D eigenvalue weighted by Crippen LogP contribution is 2.61. The third-order valence-corrected chi connectivity index (χ3v) is 4.43. The molecule has 0 N–H and O–H groups in total. The summed E-state index contributed by atoms with van der Waals surface area (Å²) in [6.45, 7) is 5.02. The first-order valence-electron chi connectivity index (χ1n) is 6.80. The van der Waals surface area contributed by atoms with Gasteiger partial charge in [0.2, 0.25) is 0 Å². The molecule has 4 unspecified atom stereocenters. The Morgan fingerprint density at radius 1 is 1.22 bits per heavy atom. The molecular formula is C15H19NO2. The quantitative estimate of drug-likeness (QED) is 0.747. The first-order valence-corrected chi connectivity index (χ1v) is 6.80. The molecule has 4 atom stereocenters. The van der Waals surface area contributed by atoms with Crippen LogP contribution in [-0.2, 0) is 16.0 Å². The highest BCUT2D eigenvalue weighted by atomic mass is 16.8. The van der Waals surface area contributed by atoms with Gasteiger partial charge < -0.3 is 9.47 Å². The Labute approximate surface area is 108 Å². The monoisotopic (exact) mass is 245 g/mol. The molecule has 2 saturated heterocycles. The van der Waals surface area contributed by atoms with Gasteiger partial charge in [0.25, 0.3) is 0 Å². The summed E-state index contributed by atoms with van der Waals surface area (Å²) >= 11 is 0. The van der Waals surface area contributed by atoms with E-state index < -0.39 is 5.79 Å². The molecule has 0 amide bonds. The van der Waals surface area contributed by atoms with Crippen LogP contribution in [0, 0.1) is 0 Å². The molecule has 0 aromatic heterocycles. The Hall–Kier alpha value is -0.900. The molecule has 1 saturated carbocycles. The van der Waals surface area contributed by atoms with Crippen molar-refractivity contribution in [3.8, 4) is 0 Å². The van der Waals surface area contributed by atoms with E-state index in [0.29, 0.717) is 6.04 Å². The Morgan fingerprint density at radius 2 is 2.00 bits per heavy atom. The van der Waals surface area contributed by atoms with Crippen molar-refractivity contribution in [1.29, 1.82) is 0 Å². The zero-order chi connectivity index (χ0) is 12.4. The Kier molecular flexibility index (Phi) is 2.04. The van der Waals surface area contributed by atoms with Gasteiger partial charge in [-0.05, 0) is 32.3 Å². The van der Waals surface area contributed by atoms with Crippen LogP contribution < -0.4 is 0 Å². The number of hydrogen-bond acceptors (Lipinski definition) is 3. The minimum absolute atomic E-state index is 0.112. The minimum atomic E-state index is -0.422. The number of piperidine rings is 1. The van der Waals surface area contributed by atoms with Crippen LogP contribution in [0.2, 0.25) is 0 Å². The molecule has 1 aromatic carbocycles. The fourth-order valence-corrected chi connectivity index (χ4v) is 3.79. The lowest BCUT2D eigenvalue weighted by molar-refractivity contribution is -0.157. The molecule has 0 radical (unpaired) electrons. The fraction of sp³-hybridized carbons (Fsp3) is 0.600. The summed E-state index contributed by atoms with van der Waals surface area (Å²) in [5.74, 6) is -0.422. The maximum atomic E-state index is 6.22. The molecule has 3 fully saturated rings. The van der Waals surface area contributed by atoms with E-state index in [9.17, 15) is 0 Å². The zero-order valence-corrected chi connectivity index (χ0v) is 10.9. The van der Waals surface area contributed by atoms with E-state index in [1.165, 1.54) is 12.0 Å². The molecule has 1 spiro atoms. The third kappa shape index (κ3) is 1.35. The van der Waals surface area contributed by atoms with Gasteiger partial charge in [-0.25, -0.2) is 0 Å². The first-order chi connectivity index (χ1) is 8.62. The number of rotatable bonds is 2. The molecule has 2 aliphatic heterocycles. The lowest BCUT2D eigenvalue weighted by atomic mass is 10.2. The number of benzene rings is 1. The van der Waals surface area contributed by atoms with Crippen LogP contribution in [-0.4, -0.2) is 28.6 Å². The van der Waals surface area contributed by atoms with Gasteiger partial charge in [-0.2, -0.15) is 0 Å². The van der Waals surface area contributed by atoms with Crippen molar-refractivity contribution >= 4 is 0 Å². The van der Waals surface area contributed by atoms with E-state index in [-0.39, 0.29) is 11.8 Å². The Bertz CT molecular complexity index is 473. The molecule has 2 heterocycles. The second-order valence-electron chi connectivity index (χ2n) is 6.07. The highest BCUT2D eigenvalue weighted by Gasteiger charge is 2.77. The maximum absolute atomic E-state index is 6.22. The topological polar surface area (TPSA) is 21.5 Å². The number of hydrogen-bond donors (Lipinski definition) is 0. The van der Waals surface area contributed by atoms with Gasteiger partial charge in [-0.15, -0.1) is 0 Å². The van der Waals surface area contributed by atoms with E-state index in [2.05, 4.69) is 35.2 Å². The third-order valence-electron chi connectivity index (χ3n) is 4.43. The molecule has 96 valence electrons. The smallest absolute Gasteiger partial charge is 0.167 e. The maximum Gasteiger partial charge on any atom is 0.167 e. The van der Waals surface area contributed by atoms with Gasteiger partial charge in [0, 0.05) is 6.54 Å². The van der Waals surface area contributed by atoms with Crippen LogP contribution >= 0.6 is 0 Å². The number of likely N-dealkylation sites (tertiary alicyclic amines) is 1. The van der Waals surface area contributed by atoms with Crippen LogP contribution in [0.3, 0.4) is 0 Å². The molecule has 4 rings (SSSR count). The second-order valence-corrected chi connectivity index (χ2v) is 6.07. The standard InChI is InChI=1S/C15H19NO2/c1-14(2)17-13-9-8-12-15(13,18-14)16(12)10-11-6-4-3-5-7-11/h3-7,12-13H,8-10H2,1-2H3. The largest absolute Gasteiger partial charge is 0.343 e. The SMILES string of the molecule is CC1(C)OC2CCC3N(Cc4ccccc4)C23O1. The molecule has 1 aliphatic carbocycles. The van der Waals surface area contributed by atoms with Crippen molar-refractivity contribution in [2.75, 3.05) is 0 Å². The predicted octanol–water partition coefficient (Wildman–Crippen LogP) is 2.51. The number of ether oxygens (including phenoxy) is 2. The van der Waals surface area contributed by atoms with Crippen molar-refractivity contribution in [2.24, 2.45) is 0 Å². The summed E-state index contributed by atoms with van der Waals surface area (Å²) in [7, 11) is 0. The summed E-state index contributed by atoms with van der Waals surface area (Å²) in [6, 6.07) is 11.2. The van der Waals surface area contributed by atoms with Crippen molar-refractivity contribution in [1.82, 2.24) is 4.90 Å². The van der Waals surface area contributed by atoms with Crippen LogP contribution in [0.5, 0.6) is 0 Å². The van der Waals surface area contributed by atoms with E-state index in [1.807, 2.05) is 13.8 Å². The van der Waals surface area contributed by atoms with Gasteiger partial charge in [0.15, 0.2) is 11.5 Å². The van der Waals surface area contributed by atoms with Gasteiger partial charge in [0.05, 0.1) is 6.04 Å². The lowest BCUT2D eigenvalue weighted by Crippen LogP contribution is -2.29. The Balaban J connectivity index is 1.57. The van der Waals surface area contributed by atoms with E-state index in [4.69, 9.17) is 9.47 Å². The van der Waals surface area contributed by atoms with Crippen LogP contribution in [0.1, 0.15) is 32.3 Å². The first kappa shape index (κ1) is 11.0. The fourth-order valence-electron chi connectivity index (χ4n) is 3.79. The lowest BCUT2D eigenvalue weighted by Gasteiger charge is -2.17. The Morgan fingerprint density at radius 3 is 2.78 bits per heavy atom. The summed E-state index contributed by atoms with van der Waals surface area (Å²) in [5.41, 5.74) is 1.24. The molecule has 18 heavy (non-hydrogen) atoms. The highest BCUT2D eigenvalue weighted by molar-refractivity contribution is 5.25. The predicted molar refractivity (Wildman–Crippen MR) is 67.8 cm³/mol. The molecule has 1 aromatic rings. The van der Waals surface area contributed by atoms with Crippen LogP contribution in [0.4, 0.5) is 0 Å². The zero-order valence-electron chi connectivity index (χ0n) is 10.9. The molecule has 0 bridgehead atoms. The molecule has 3 aliphatic rings. The normalized spacial score (nSPS) is 43.6. The summed E-state index contributed by atoms with van der Waals surface area (Å²) in [5, 5.41) is 0. The van der Waals surface area contributed by atoms with Crippen molar-refractivity contribution < 1.29 is 9.47 Å².